The maximum absolute atomic E-state index is 12.3. The van der Waals surface area contributed by atoms with Crippen molar-refractivity contribution in [3.63, 3.8) is 0 Å². The van der Waals surface area contributed by atoms with Crippen molar-refractivity contribution in [2.75, 3.05) is 6.54 Å². The zero-order chi connectivity index (χ0) is 20.1. The molecule has 0 aromatic heterocycles. The van der Waals surface area contributed by atoms with Gasteiger partial charge in [-0.25, -0.2) is 0 Å². The number of hydrogen-bond donors (Lipinski definition) is 2. The number of rotatable bonds is 5. The lowest BCUT2D eigenvalue weighted by atomic mass is 10.1. The molecule has 1 aliphatic rings. The summed E-state index contributed by atoms with van der Waals surface area (Å²) in [5.41, 5.74) is 4.86. The fourth-order valence-electron chi connectivity index (χ4n) is 3.02. The third kappa shape index (κ3) is 4.32. The lowest BCUT2D eigenvalue weighted by Gasteiger charge is -2.16. The Hall–Kier alpha value is -3.75. The van der Waals surface area contributed by atoms with Crippen molar-refractivity contribution in [2.24, 2.45) is 5.92 Å². The molecule has 1 heterocycles. The third-order valence-corrected chi connectivity index (χ3v) is 4.45. The number of benzene rings is 2. The lowest BCUT2D eigenvalue weighted by molar-refractivity contribution is -0.385. The number of nitrogens with one attached hydrogen (secondary N) is 2. The predicted molar refractivity (Wildman–Crippen MR) is 98.7 cm³/mol. The van der Waals surface area contributed by atoms with Crippen LogP contribution in [0, 0.1) is 16.0 Å². The van der Waals surface area contributed by atoms with Crippen molar-refractivity contribution in [3.8, 4) is 0 Å². The van der Waals surface area contributed by atoms with Crippen molar-refractivity contribution in [1.82, 2.24) is 15.8 Å². The molecule has 0 spiro atoms. The molecular weight excluding hydrogens is 364 g/mol. The Bertz CT molecular complexity index is 916. The molecule has 2 aromatic carbocycles. The highest BCUT2D eigenvalue weighted by atomic mass is 16.6. The summed E-state index contributed by atoms with van der Waals surface area (Å²) in [6.45, 7) is 0.646. The monoisotopic (exact) mass is 382 g/mol. The van der Waals surface area contributed by atoms with Crippen LogP contribution in [0.5, 0.6) is 0 Å². The van der Waals surface area contributed by atoms with Crippen molar-refractivity contribution >= 4 is 23.4 Å². The van der Waals surface area contributed by atoms with Crippen LogP contribution in [0.25, 0.3) is 0 Å². The first kappa shape index (κ1) is 19.0. The number of likely N-dealkylation sites (tertiary alicyclic amines) is 1. The van der Waals surface area contributed by atoms with Gasteiger partial charge in [-0.05, 0) is 11.6 Å². The first-order valence-corrected chi connectivity index (χ1v) is 8.61. The average molecular weight is 382 g/mol. The Morgan fingerprint density at radius 1 is 1.07 bits per heavy atom. The van der Waals surface area contributed by atoms with Crippen molar-refractivity contribution < 1.29 is 19.3 Å². The molecule has 3 amide bonds. The van der Waals surface area contributed by atoms with Gasteiger partial charge in [0.2, 0.25) is 11.8 Å². The second-order valence-electron chi connectivity index (χ2n) is 6.38. The highest BCUT2D eigenvalue weighted by molar-refractivity contribution is 5.99. The van der Waals surface area contributed by atoms with E-state index >= 15 is 0 Å². The third-order valence-electron chi connectivity index (χ3n) is 4.45. The van der Waals surface area contributed by atoms with E-state index in [1.165, 1.54) is 24.3 Å². The minimum Gasteiger partial charge on any atom is -0.338 e. The Labute approximate surface area is 160 Å². The minimum absolute atomic E-state index is 0.0417. The molecule has 2 N–H and O–H groups in total. The van der Waals surface area contributed by atoms with Crippen LogP contribution < -0.4 is 10.9 Å². The standard InChI is InChI=1S/C19H18N4O5/c24-17-10-14(12-22(17)11-13-6-2-1-3-7-13)18(25)20-21-19(26)15-8-4-5-9-16(15)23(27)28/h1-9,14H,10-12H2,(H,20,25)(H,21,26). The number of hydrazine groups is 1. The minimum atomic E-state index is -0.800. The van der Waals surface area contributed by atoms with Gasteiger partial charge in [0.1, 0.15) is 5.56 Å². The molecule has 0 aliphatic carbocycles. The Balaban J connectivity index is 1.56. The second kappa shape index (κ2) is 8.30. The molecule has 9 heteroatoms. The summed E-state index contributed by atoms with van der Waals surface area (Å²) < 4.78 is 0. The van der Waals surface area contributed by atoms with Crippen molar-refractivity contribution in [2.45, 2.75) is 13.0 Å². The van der Waals surface area contributed by atoms with E-state index in [0.717, 1.165) is 5.56 Å². The number of hydrogen-bond acceptors (Lipinski definition) is 5. The second-order valence-corrected chi connectivity index (χ2v) is 6.38. The molecule has 1 aliphatic heterocycles. The van der Waals surface area contributed by atoms with Gasteiger partial charge in [-0.2, -0.15) is 0 Å². The van der Waals surface area contributed by atoms with Gasteiger partial charge in [-0.3, -0.25) is 35.3 Å². The molecule has 1 atom stereocenters. The van der Waals surface area contributed by atoms with E-state index in [2.05, 4.69) is 10.9 Å². The molecule has 0 radical (unpaired) electrons. The molecule has 1 saturated heterocycles. The quantitative estimate of drug-likeness (QED) is 0.598. The number of nitro groups is 1. The molecule has 144 valence electrons. The molecule has 2 aromatic rings. The summed E-state index contributed by atoms with van der Waals surface area (Å²) in [4.78, 5) is 48.5. The van der Waals surface area contributed by atoms with E-state index in [9.17, 15) is 24.5 Å². The van der Waals surface area contributed by atoms with Gasteiger partial charge < -0.3 is 4.90 Å². The number of nitrogens with zero attached hydrogens (tertiary/aromatic N) is 2. The summed E-state index contributed by atoms with van der Waals surface area (Å²) in [5.74, 6) is -2.07. The van der Waals surface area contributed by atoms with E-state index in [4.69, 9.17) is 0 Å². The highest BCUT2D eigenvalue weighted by Gasteiger charge is 2.34. The fourth-order valence-corrected chi connectivity index (χ4v) is 3.02. The maximum Gasteiger partial charge on any atom is 0.282 e. The van der Waals surface area contributed by atoms with E-state index < -0.39 is 22.7 Å². The predicted octanol–water partition coefficient (Wildman–Crippen LogP) is 1.40. The zero-order valence-electron chi connectivity index (χ0n) is 14.8. The smallest absolute Gasteiger partial charge is 0.282 e. The molecule has 0 saturated carbocycles. The Morgan fingerprint density at radius 2 is 1.75 bits per heavy atom. The van der Waals surface area contributed by atoms with Gasteiger partial charge in [0, 0.05) is 25.6 Å². The first-order valence-electron chi connectivity index (χ1n) is 8.61. The maximum atomic E-state index is 12.3. The molecular formula is C19H18N4O5. The fraction of sp³-hybridized carbons (Fsp3) is 0.211. The van der Waals surface area contributed by atoms with Gasteiger partial charge in [0.15, 0.2) is 0 Å². The van der Waals surface area contributed by atoms with Gasteiger partial charge in [-0.1, -0.05) is 42.5 Å². The average Bonchev–Trinajstić information content (AvgIpc) is 3.07. The van der Waals surface area contributed by atoms with Gasteiger partial charge in [-0.15, -0.1) is 0 Å². The van der Waals surface area contributed by atoms with Crippen LogP contribution in [0.2, 0.25) is 0 Å². The topological polar surface area (TPSA) is 122 Å². The first-order chi connectivity index (χ1) is 13.5. The number of para-hydroxylation sites is 1. The van der Waals surface area contributed by atoms with Crippen LogP contribution in [0.3, 0.4) is 0 Å². The largest absolute Gasteiger partial charge is 0.338 e. The molecule has 3 rings (SSSR count). The van der Waals surface area contributed by atoms with E-state index in [0.29, 0.717) is 6.54 Å². The molecule has 9 nitrogen and oxygen atoms in total. The summed E-state index contributed by atoms with van der Waals surface area (Å²) in [6.07, 6.45) is 0.0417. The molecule has 1 fully saturated rings. The summed E-state index contributed by atoms with van der Waals surface area (Å²) in [6, 6.07) is 14.8. The normalized spacial score (nSPS) is 15.9. The SMILES string of the molecule is O=C(NNC(=O)C1CC(=O)N(Cc2ccccc2)C1)c1ccccc1[N+](=O)[O-]. The van der Waals surface area contributed by atoms with Crippen LogP contribution in [0.1, 0.15) is 22.3 Å². The van der Waals surface area contributed by atoms with Crippen LogP contribution in [-0.4, -0.2) is 34.1 Å². The highest BCUT2D eigenvalue weighted by Crippen LogP contribution is 2.20. The number of carbonyl (C=O) groups is 3. The summed E-state index contributed by atoms with van der Waals surface area (Å²) in [5, 5.41) is 11.0. The molecule has 0 bridgehead atoms. The van der Waals surface area contributed by atoms with E-state index in [1.54, 1.807) is 4.90 Å². The van der Waals surface area contributed by atoms with Gasteiger partial charge in [0.05, 0.1) is 10.8 Å². The van der Waals surface area contributed by atoms with Crippen LogP contribution in [-0.2, 0) is 16.1 Å². The number of nitro benzene ring substituents is 1. The molecule has 28 heavy (non-hydrogen) atoms. The molecule has 1 unspecified atom stereocenters. The Morgan fingerprint density at radius 3 is 2.46 bits per heavy atom. The van der Waals surface area contributed by atoms with Gasteiger partial charge in [0.25, 0.3) is 11.6 Å². The zero-order valence-corrected chi connectivity index (χ0v) is 14.8. The van der Waals surface area contributed by atoms with E-state index in [-0.39, 0.29) is 30.1 Å². The number of carbonyl (C=O) groups excluding carboxylic acids is 3. The lowest BCUT2D eigenvalue weighted by Crippen LogP contribution is -2.45. The van der Waals surface area contributed by atoms with Gasteiger partial charge >= 0.3 is 0 Å². The summed E-state index contributed by atoms with van der Waals surface area (Å²) in [7, 11) is 0. The number of amides is 3. The summed E-state index contributed by atoms with van der Waals surface area (Å²) >= 11 is 0. The van der Waals surface area contributed by atoms with Crippen LogP contribution in [0.4, 0.5) is 5.69 Å². The van der Waals surface area contributed by atoms with Crippen LogP contribution >= 0.6 is 0 Å². The van der Waals surface area contributed by atoms with Crippen molar-refractivity contribution in [1.29, 1.82) is 0 Å². The van der Waals surface area contributed by atoms with Crippen LogP contribution in [0.15, 0.2) is 54.6 Å². The Kier molecular flexibility index (Phi) is 5.64. The van der Waals surface area contributed by atoms with Crippen molar-refractivity contribution in [3.05, 3.63) is 75.8 Å². The van der Waals surface area contributed by atoms with E-state index in [1.807, 2.05) is 30.3 Å².